The van der Waals surface area contributed by atoms with Crippen molar-refractivity contribution in [3.8, 4) is 16.9 Å². The normalized spacial score (nSPS) is 10.1. The van der Waals surface area contributed by atoms with Crippen molar-refractivity contribution >= 4 is 11.8 Å². The molecule has 0 aliphatic rings. The standard InChI is InChI=1S/C15H14N2O3/c1-20-11-6-7-12(15(18)19)13(8-11)9-2-4-10(5-3-9)14(16)17/h2-8H,1H3,(H3,16,17)(H,18,19). The van der Waals surface area contributed by atoms with Gasteiger partial charge in [0.15, 0.2) is 0 Å². The van der Waals surface area contributed by atoms with Gasteiger partial charge in [-0.25, -0.2) is 4.79 Å². The van der Waals surface area contributed by atoms with Crippen LogP contribution in [0.15, 0.2) is 42.5 Å². The molecule has 0 saturated heterocycles. The molecule has 5 nitrogen and oxygen atoms in total. The number of carbonyl (C=O) groups is 1. The first kappa shape index (κ1) is 13.6. The Morgan fingerprint density at radius 2 is 1.85 bits per heavy atom. The highest BCUT2D eigenvalue weighted by atomic mass is 16.5. The minimum atomic E-state index is -1.00. The minimum absolute atomic E-state index is 0.0272. The largest absolute Gasteiger partial charge is 0.497 e. The molecule has 5 heteroatoms. The Hall–Kier alpha value is -2.82. The fraction of sp³-hybridized carbons (Fsp3) is 0.0667. The number of nitrogens with one attached hydrogen (secondary N) is 1. The maximum atomic E-state index is 11.3. The first-order chi connectivity index (χ1) is 9.52. The van der Waals surface area contributed by atoms with Crippen LogP contribution in [0.5, 0.6) is 5.75 Å². The summed E-state index contributed by atoms with van der Waals surface area (Å²) in [5.74, 6) is -0.445. The van der Waals surface area contributed by atoms with Crippen molar-refractivity contribution in [1.82, 2.24) is 0 Å². The van der Waals surface area contributed by atoms with Gasteiger partial charge >= 0.3 is 5.97 Å². The van der Waals surface area contributed by atoms with Crippen LogP contribution < -0.4 is 10.5 Å². The van der Waals surface area contributed by atoms with Crippen LogP contribution in [0.3, 0.4) is 0 Å². The second kappa shape index (κ2) is 5.44. The molecule has 0 amide bonds. The fourth-order valence-corrected chi connectivity index (χ4v) is 1.91. The highest BCUT2D eigenvalue weighted by molar-refractivity contribution is 5.98. The Kier molecular flexibility index (Phi) is 3.70. The van der Waals surface area contributed by atoms with Gasteiger partial charge in [0.1, 0.15) is 11.6 Å². The van der Waals surface area contributed by atoms with Crippen LogP contribution >= 0.6 is 0 Å². The Morgan fingerprint density at radius 1 is 1.20 bits per heavy atom. The number of amidine groups is 1. The zero-order valence-corrected chi connectivity index (χ0v) is 10.9. The number of aromatic carboxylic acids is 1. The van der Waals surface area contributed by atoms with E-state index in [9.17, 15) is 9.90 Å². The van der Waals surface area contributed by atoms with E-state index in [4.69, 9.17) is 15.9 Å². The quantitative estimate of drug-likeness (QED) is 0.587. The summed E-state index contributed by atoms with van der Waals surface area (Å²) in [5, 5.41) is 16.6. The van der Waals surface area contributed by atoms with Gasteiger partial charge in [-0.3, -0.25) is 5.41 Å². The Bertz CT molecular complexity index is 663. The van der Waals surface area contributed by atoms with Gasteiger partial charge < -0.3 is 15.6 Å². The molecule has 0 heterocycles. The molecule has 0 aromatic heterocycles. The summed E-state index contributed by atoms with van der Waals surface area (Å²) < 4.78 is 5.13. The Morgan fingerprint density at radius 3 is 2.35 bits per heavy atom. The third-order valence-electron chi connectivity index (χ3n) is 2.96. The lowest BCUT2D eigenvalue weighted by atomic mass is 9.98. The molecule has 0 aliphatic heterocycles. The lowest BCUT2D eigenvalue weighted by Crippen LogP contribution is -2.10. The number of nitrogen functional groups attached to an aromatic ring is 1. The molecule has 0 atom stereocenters. The zero-order chi connectivity index (χ0) is 14.7. The zero-order valence-electron chi connectivity index (χ0n) is 10.9. The highest BCUT2D eigenvalue weighted by Gasteiger charge is 2.13. The summed E-state index contributed by atoms with van der Waals surface area (Å²) in [6.45, 7) is 0. The molecule has 4 N–H and O–H groups in total. The summed E-state index contributed by atoms with van der Waals surface area (Å²) in [7, 11) is 1.53. The van der Waals surface area contributed by atoms with Crippen LogP contribution in [-0.4, -0.2) is 24.0 Å². The van der Waals surface area contributed by atoms with Crippen LogP contribution in [0, 0.1) is 5.41 Å². The predicted octanol–water partition coefficient (Wildman–Crippen LogP) is 2.34. The van der Waals surface area contributed by atoms with Gasteiger partial charge in [-0.2, -0.15) is 0 Å². The average Bonchev–Trinajstić information content (AvgIpc) is 2.46. The monoisotopic (exact) mass is 270 g/mol. The van der Waals surface area contributed by atoms with E-state index in [0.29, 0.717) is 16.9 Å². The topological polar surface area (TPSA) is 96.4 Å². The van der Waals surface area contributed by atoms with Gasteiger partial charge in [-0.1, -0.05) is 24.3 Å². The SMILES string of the molecule is COc1ccc(C(=O)O)c(-c2ccc(C(=N)N)cc2)c1. The number of hydrogen-bond donors (Lipinski definition) is 3. The van der Waals surface area contributed by atoms with E-state index in [1.165, 1.54) is 13.2 Å². The molecule has 2 aromatic rings. The van der Waals surface area contributed by atoms with Crippen molar-refractivity contribution in [2.24, 2.45) is 5.73 Å². The minimum Gasteiger partial charge on any atom is -0.497 e. The van der Waals surface area contributed by atoms with Crippen molar-refractivity contribution in [1.29, 1.82) is 5.41 Å². The average molecular weight is 270 g/mol. The molecule has 0 saturated carbocycles. The molecule has 0 aliphatic carbocycles. The van der Waals surface area contributed by atoms with E-state index in [-0.39, 0.29) is 11.4 Å². The number of benzene rings is 2. The van der Waals surface area contributed by atoms with E-state index >= 15 is 0 Å². The molecule has 0 radical (unpaired) electrons. The van der Waals surface area contributed by atoms with Gasteiger partial charge in [-0.15, -0.1) is 0 Å². The molecule has 0 bridgehead atoms. The summed E-state index contributed by atoms with van der Waals surface area (Å²) in [5.41, 5.74) is 7.47. The molecule has 20 heavy (non-hydrogen) atoms. The van der Waals surface area contributed by atoms with Crippen LogP contribution in [0.4, 0.5) is 0 Å². The molecule has 2 rings (SSSR count). The molecule has 0 unspecified atom stereocenters. The lowest BCUT2D eigenvalue weighted by Gasteiger charge is -2.09. The predicted molar refractivity (Wildman–Crippen MR) is 76.4 cm³/mol. The number of methoxy groups -OCH3 is 1. The summed E-state index contributed by atoms with van der Waals surface area (Å²) in [6.07, 6.45) is 0. The number of hydrogen-bond acceptors (Lipinski definition) is 3. The first-order valence-corrected chi connectivity index (χ1v) is 5.89. The summed E-state index contributed by atoms with van der Waals surface area (Å²) in [6, 6.07) is 11.6. The van der Waals surface area contributed by atoms with E-state index in [2.05, 4.69) is 0 Å². The highest BCUT2D eigenvalue weighted by Crippen LogP contribution is 2.28. The Balaban J connectivity index is 2.54. The lowest BCUT2D eigenvalue weighted by molar-refractivity contribution is 0.0697. The number of rotatable bonds is 4. The summed E-state index contributed by atoms with van der Waals surface area (Å²) in [4.78, 5) is 11.3. The van der Waals surface area contributed by atoms with E-state index in [1.54, 1.807) is 36.4 Å². The molecule has 0 spiro atoms. The van der Waals surface area contributed by atoms with E-state index in [1.807, 2.05) is 0 Å². The smallest absolute Gasteiger partial charge is 0.336 e. The van der Waals surface area contributed by atoms with Gasteiger partial charge in [0, 0.05) is 5.56 Å². The fourth-order valence-electron chi connectivity index (χ4n) is 1.91. The van der Waals surface area contributed by atoms with Crippen LogP contribution in [0.25, 0.3) is 11.1 Å². The molecule has 2 aromatic carbocycles. The van der Waals surface area contributed by atoms with Crippen LogP contribution in [0.2, 0.25) is 0 Å². The van der Waals surface area contributed by atoms with E-state index in [0.717, 1.165) is 5.56 Å². The second-order valence-electron chi connectivity index (χ2n) is 4.21. The second-order valence-corrected chi connectivity index (χ2v) is 4.21. The van der Waals surface area contributed by atoms with Crippen LogP contribution in [-0.2, 0) is 0 Å². The third-order valence-corrected chi connectivity index (χ3v) is 2.96. The number of carboxylic acid groups (broad SMARTS) is 1. The van der Waals surface area contributed by atoms with Gasteiger partial charge in [0.2, 0.25) is 0 Å². The van der Waals surface area contributed by atoms with Gasteiger partial charge in [-0.05, 0) is 29.3 Å². The van der Waals surface area contributed by atoms with E-state index < -0.39 is 5.97 Å². The summed E-state index contributed by atoms with van der Waals surface area (Å²) >= 11 is 0. The van der Waals surface area contributed by atoms with Gasteiger partial charge in [0.25, 0.3) is 0 Å². The number of ether oxygens (including phenoxy) is 1. The molecule has 0 fully saturated rings. The van der Waals surface area contributed by atoms with Crippen LogP contribution in [0.1, 0.15) is 15.9 Å². The number of carboxylic acids is 1. The van der Waals surface area contributed by atoms with Gasteiger partial charge in [0.05, 0.1) is 12.7 Å². The molecule has 102 valence electrons. The third kappa shape index (κ3) is 2.61. The first-order valence-electron chi connectivity index (χ1n) is 5.89. The van der Waals surface area contributed by atoms with Crippen molar-refractivity contribution in [3.05, 3.63) is 53.6 Å². The molecular formula is C15H14N2O3. The van der Waals surface area contributed by atoms with Crippen molar-refractivity contribution in [2.75, 3.05) is 7.11 Å². The molecular weight excluding hydrogens is 256 g/mol. The van der Waals surface area contributed by atoms with Crippen molar-refractivity contribution < 1.29 is 14.6 Å². The maximum Gasteiger partial charge on any atom is 0.336 e. The van der Waals surface area contributed by atoms with Crippen molar-refractivity contribution in [3.63, 3.8) is 0 Å². The number of nitrogens with two attached hydrogens (primary N) is 1. The van der Waals surface area contributed by atoms with Crippen molar-refractivity contribution in [2.45, 2.75) is 0 Å². The Labute approximate surface area is 116 Å². The maximum absolute atomic E-state index is 11.3.